The van der Waals surface area contributed by atoms with E-state index in [1.165, 1.54) is 38.5 Å². The summed E-state index contributed by atoms with van der Waals surface area (Å²) in [5, 5.41) is 119. The first kappa shape index (κ1) is 59.3. The molecule has 3 saturated heterocycles. The van der Waals surface area contributed by atoms with Crippen LogP contribution in [0.3, 0.4) is 0 Å². The molecule has 390 valence electrons. The van der Waals surface area contributed by atoms with Gasteiger partial charge < -0.3 is 89.9 Å². The van der Waals surface area contributed by atoms with Gasteiger partial charge in [0.15, 0.2) is 18.9 Å². The highest BCUT2D eigenvalue weighted by atomic mass is 16.8. The minimum Gasteiger partial charge on any atom is -0.394 e. The summed E-state index contributed by atoms with van der Waals surface area (Å²) in [5.41, 5.74) is 0. The van der Waals surface area contributed by atoms with Crippen LogP contribution in [-0.2, 0) is 33.2 Å². The monoisotopic (exact) mass is 964 g/mol. The number of allylic oxidation sites excluding steroid dienone is 5. The van der Waals surface area contributed by atoms with E-state index in [1.807, 2.05) is 6.08 Å². The van der Waals surface area contributed by atoms with Gasteiger partial charge in [-0.1, -0.05) is 115 Å². The summed E-state index contributed by atoms with van der Waals surface area (Å²) in [6, 6.07) is -0.988. The number of aliphatic hydroxyl groups is 11. The Hall–Kier alpha value is -1.99. The van der Waals surface area contributed by atoms with E-state index in [2.05, 4.69) is 43.5 Å². The smallest absolute Gasteiger partial charge is 0.220 e. The van der Waals surface area contributed by atoms with Crippen LogP contribution in [0.25, 0.3) is 0 Å². The standard InChI is InChI=1S/C48H85NO18/c1-3-5-7-9-11-12-13-14-15-16-17-18-19-20-21-23-25-32(53)31(49-36(54)26-24-22-10-8-6-4-2)30-62-46-42(60)39(57)44(34(28-51)64-46)67-48-43(61)40(58)45(35(29-52)65-48)66-47-41(59)38(56)37(55)33(27-50)63-47/h14-15,18-19,23,25,31-35,37-48,50-53,55-61H,3-13,16-17,20-22,24,26-30H2,1-2H3,(H,49,54)/b15-14+,19-18+,25-23+. The number of rotatable bonds is 33. The maximum Gasteiger partial charge on any atom is 0.220 e. The highest BCUT2D eigenvalue weighted by Crippen LogP contribution is 2.33. The van der Waals surface area contributed by atoms with E-state index >= 15 is 0 Å². The molecule has 0 saturated carbocycles. The molecule has 0 aromatic heterocycles. The average molecular weight is 964 g/mol. The molecule has 0 aromatic carbocycles. The molecule has 0 aliphatic carbocycles. The van der Waals surface area contributed by atoms with Crippen molar-refractivity contribution in [2.45, 2.75) is 234 Å². The Morgan fingerprint density at radius 2 is 0.955 bits per heavy atom. The fourth-order valence-electron chi connectivity index (χ4n) is 8.22. The molecule has 3 aliphatic rings. The number of hydrogen-bond acceptors (Lipinski definition) is 18. The predicted octanol–water partition coefficient (Wildman–Crippen LogP) is 1.03. The zero-order valence-corrected chi connectivity index (χ0v) is 39.6. The first-order valence-electron chi connectivity index (χ1n) is 24.7. The second-order valence-corrected chi connectivity index (χ2v) is 17.9. The van der Waals surface area contributed by atoms with E-state index in [1.54, 1.807) is 6.08 Å². The van der Waals surface area contributed by atoms with Gasteiger partial charge in [-0.25, -0.2) is 0 Å². The normalized spacial score (nSPS) is 33.8. The Kier molecular flexibility index (Phi) is 29.7. The van der Waals surface area contributed by atoms with Gasteiger partial charge in [-0.05, 0) is 44.9 Å². The lowest BCUT2D eigenvalue weighted by Crippen LogP contribution is -2.66. The van der Waals surface area contributed by atoms with Gasteiger partial charge in [0.25, 0.3) is 0 Å². The maximum absolute atomic E-state index is 13.0. The van der Waals surface area contributed by atoms with Crippen LogP contribution in [0.2, 0.25) is 0 Å². The lowest BCUT2D eigenvalue weighted by atomic mass is 9.96. The maximum atomic E-state index is 13.0. The van der Waals surface area contributed by atoms with Crippen LogP contribution < -0.4 is 5.32 Å². The lowest BCUT2D eigenvalue weighted by molar-refractivity contribution is -0.379. The molecule has 0 aromatic rings. The van der Waals surface area contributed by atoms with E-state index in [0.717, 1.165) is 57.8 Å². The van der Waals surface area contributed by atoms with Crippen LogP contribution in [-0.4, -0.2) is 193 Å². The number of carbonyl (C=O) groups is 1. The number of carbonyl (C=O) groups excluding carboxylic acids is 1. The molecule has 0 bridgehead atoms. The summed E-state index contributed by atoms with van der Waals surface area (Å²) < 4.78 is 34.0. The first-order chi connectivity index (χ1) is 32.3. The van der Waals surface area contributed by atoms with Crippen LogP contribution in [0.15, 0.2) is 36.5 Å². The molecule has 3 heterocycles. The summed E-state index contributed by atoms with van der Waals surface area (Å²) in [5.74, 6) is -0.303. The summed E-state index contributed by atoms with van der Waals surface area (Å²) in [6.45, 7) is 1.55. The molecular formula is C48H85NO18. The third-order valence-corrected chi connectivity index (χ3v) is 12.4. The van der Waals surface area contributed by atoms with E-state index in [9.17, 15) is 61.0 Å². The molecule has 3 rings (SSSR count). The van der Waals surface area contributed by atoms with Gasteiger partial charge in [0.2, 0.25) is 5.91 Å². The van der Waals surface area contributed by atoms with Crippen LogP contribution in [0.1, 0.15) is 129 Å². The molecule has 17 atom stereocenters. The molecule has 17 unspecified atom stereocenters. The molecule has 0 spiro atoms. The minimum absolute atomic E-state index is 0.229. The summed E-state index contributed by atoms with van der Waals surface area (Å²) >= 11 is 0. The lowest BCUT2D eigenvalue weighted by Gasteiger charge is -2.48. The van der Waals surface area contributed by atoms with E-state index in [4.69, 9.17) is 28.4 Å². The van der Waals surface area contributed by atoms with Crippen molar-refractivity contribution in [2.75, 3.05) is 26.4 Å². The average Bonchev–Trinajstić information content (AvgIpc) is 3.32. The highest BCUT2D eigenvalue weighted by Gasteiger charge is 2.53. The SMILES string of the molecule is CCCCCCCC/C=C/CC/C=C/CC/C=C/C(O)C(COC1OC(CO)C(OC2OC(CO)C(OC3OC(CO)C(O)C(O)C3O)C(O)C2O)C(O)C1O)NC(=O)CCCCCCCC. The van der Waals surface area contributed by atoms with Crippen molar-refractivity contribution in [1.29, 1.82) is 0 Å². The van der Waals surface area contributed by atoms with Crippen molar-refractivity contribution in [2.24, 2.45) is 0 Å². The van der Waals surface area contributed by atoms with E-state index in [0.29, 0.717) is 12.8 Å². The quantitative estimate of drug-likeness (QED) is 0.0323. The number of unbranched alkanes of at least 4 members (excludes halogenated alkanes) is 13. The van der Waals surface area contributed by atoms with Crippen molar-refractivity contribution >= 4 is 5.91 Å². The Labute approximate surface area is 396 Å². The zero-order valence-electron chi connectivity index (χ0n) is 39.6. The van der Waals surface area contributed by atoms with Crippen LogP contribution in [0.5, 0.6) is 0 Å². The predicted molar refractivity (Wildman–Crippen MR) is 245 cm³/mol. The van der Waals surface area contributed by atoms with Gasteiger partial charge in [0.05, 0.1) is 38.6 Å². The molecule has 67 heavy (non-hydrogen) atoms. The van der Waals surface area contributed by atoms with Gasteiger partial charge in [0, 0.05) is 6.42 Å². The molecule has 3 aliphatic heterocycles. The second-order valence-electron chi connectivity index (χ2n) is 17.9. The first-order valence-corrected chi connectivity index (χ1v) is 24.7. The molecule has 3 fully saturated rings. The van der Waals surface area contributed by atoms with Gasteiger partial charge in [-0.2, -0.15) is 0 Å². The molecular weight excluding hydrogens is 879 g/mol. The Bertz CT molecular complexity index is 1390. The molecule has 19 nitrogen and oxygen atoms in total. The Balaban J connectivity index is 1.57. The largest absolute Gasteiger partial charge is 0.394 e. The minimum atomic E-state index is -1.98. The fourth-order valence-corrected chi connectivity index (χ4v) is 8.22. The number of amides is 1. The second kappa shape index (κ2) is 33.6. The number of hydrogen-bond donors (Lipinski definition) is 12. The summed E-state index contributed by atoms with van der Waals surface area (Å²) in [7, 11) is 0. The zero-order chi connectivity index (χ0) is 49.1. The Morgan fingerprint density at radius 1 is 0.522 bits per heavy atom. The number of aliphatic hydroxyl groups excluding tert-OH is 11. The van der Waals surface area contributed by atoms with Gasteiger partial charge in [-0.3, -0.25) is 4.79 Å². The third kappa shape index (κ3) is 20.0. The topological polar surface area (TPSA) is 307 Å². The highest BCUT2D eigenvalue weighted by molar-refractivity contribution is 5.76. The number of ether oxygens (including phenoxy) is 6. The van der Waals surface area contributed by atoms with Crippen molar-refractivity contribution in [3.63, 3.8) is 0 Å². The van der Waals surface area contributed by atoms with E-state index < -0.39 is 124 Å². The Morgan fingerprint density at radius 3 is 1.49 bits per heavy atom. The third-order valence-electron chi connectivity index (χ3n) is 12.4. The molecule has 12 N–H and O–H groups in total. The van der Waals surface area contributed by atoms with E-state index in [-0.39, 0.29) is 18.9 Å². The van der Waals surface area contributed by atoms with Crippen LogP contribution >= 0.6 is 0 Å². The molecule has 1 amide bonds. The van der Waals surface area contributed by atoms with Gasteiger partial charge in [-0.15, -0.1) is 0 Å². The number of nitrogens with one attached hydrogen (secondary N) is 1. The fraction of sp³-hybridized carbons (Fsp3) is 0.854. The van der Waals surface area contributed by atoms with Crippen molar-refractivity contribution in [3.8, 4) is 0 Å². The van der Waals surface area contributed by atoms with Crippen molar-refractivity contribution in [3.05, 3.63) is 36.5 Å². The van der Waals surface area contributed by atoms with Crippen LogP contribution in [0.4, 0.5) is 0 Å². The van der Waals surface area contributed by atoms with Crippen molar-refractivity contribution < 1.29 is 89.4 Å². The van der Waals surface area contributed by atoms with Gasteiger partial charge >= 0.3 is 0 Å². The molecule has 19 heteroatoms. The summed E-state index contributed by atoms with van der Waals surface area (Å²) in [4.78, 5) is 13.0. The van der Waals surface area contributed by atoms with Crippen LogP contribution in [0, 0.1) is 0 Å². The summed E-state index contributed by atoms with van der Waals surface area (Å²) in [6.07, 6.45) is 3.44. The molecule has 0 radical (unpaired) electrons. The van der Waals surface area contributed by atoms with Gasteiger partial charge in [0.1, 0.15) is 73.2 Å². The van der Waals surface area contributed by atoms with Crippen molar-refractivity contribution in [1.82, 2.24) is 5.32 Å².